The Hall–Kier alpha value is 1.81. The van der Waals surface area contributed by atoms with E-state index in [4.69, 9.17) is 0 Å². The van der Waals surface area contributed by atoms with Crippen LogP contribution in [0.25, 0.3) is 0 Å². The Labute approximate surface area is 121 Å². The summed E-state index contributed by atoms with van der Waals surface area (Å²) in [5.41, 5.74) is 1.09. The number of hydrogen-bond acceptors (Lipinski definition) is 1. The molecule has 0 aromatic rings. The molecule has 0 aromatic carbocycles. The van der Waals surface area contributed by atoms with Crippen molar-refractivity contribution >= 4 is 8.32 Å². The predicted octanol–water partition coefficient (Wildman–Crippen LogP) is -0.474. The van der Waals surface area contributed by atoms with Crippen molar-refractivity contribution in [2.45, 2.75) is 58.2 Å². The summed E-state index contributed by atoms with van der Waals surface area (Å²) >= 11 is 0. The fourth-order valence-electron chi connectivity index (χ4n) is 2.00. The molecule has 3 heteroatoms. The van der Waals surface area contributed by atoms with Gasteiger partial charge in [-0.1, -0.05) is 58.2 Å². The summed E-state index contributed by atoms with van der Waals surface area (Å²) in [4.78, 5) is 12.3. The summed E-state index contributed by atoms with van der Waals surface area (Å²) in [6, 6.07) is 0. The van der Waals surface area contributed by atoms with Gasteiger partial charge in [0.05, 0.1) is 0 Å². The molecule has 0 bridgehead atoms. The van der Waals surface area contributed by atoms with Crippen molar-refractivity contribution in [2.75, 3.05) is 0 Å². The third-order valence-electron chi connectivity index (χ3n) is 2.71. The summed E-state index contributed by atoms with van der Waals surface area (Å²) < 4.78 is 0. The first-order chi connectivity index (χ1) is 4.83. The van der Waals surface area contributed by atoms with Gasteiger partial charge in [-0.3, -0.25) is 0 Å². The Morgan fingerprint density at radius 3 is 0.917 bits per heavy atom. The fraction of sp³-hybridized carbons (Fsp3) is 1.00. The molecular weight excluding hydrogens is 191 g/mol. The summed E-state index contributed by atoms with van der Waals surface area (Å²) in [6.45, 7) is 12.5. The van der Waals surface area contributed by atoms with Gasteiger partial charge in [0.15, 0.2) is 0 Å². The SMILES string of the molecule is CC(C)[Si]([O-])(C(C)C)C(C)C.[K+]. The third-order valence-corrected chi connectivity index (χ3v) is 8.12. The Morgan fingerprint density at radius 2 is 0.917 bits per heavy atom. The second-order valence-electron chi connectivity index (χ2n) is 4.32. The van der Waals surface area contributed by atoms with E-state index in [-0.39, 0.29) is 51.4 Å². The Morgan fingerprint density at radius 1 is 0.750 bits per heavy atom. The van der Waals surface area contributed by atoms with Gasteiger partial charge in [0.1, 0.15) is 0 Å². The van der Waals surface area contributed by atoms with Crippen LogP contribution in [0.5, 0.6) is 0 Å². The maximum Gasteiger partial charge on any atom is 1.00 e. The minimum Gasteiger partial charge on any atom is -0.858 e. The maximum absolute atomic E-state index is 12.3. The first-order valence-corrected chi connectivity index (χ1v) is 6.67. The third kappa shape index (κ3) is 3.52. The van der Waals surface area contributed by atoms with E-state index < -0.39 is 8.32 Å². The van der Waals surface area contributed by atoms with E-state index in [1.54, 1.807) is 0 Å². The normalized spacial score (nSPS) is 12.5. The second-order valence-corrected chi connectivity index (χ2v) is 9.49. The van der Waals surface area contributed by atoms with Crippen molar-refractivity contribution in [1.82, 2.24) is 0 Å². The van der Waals surface area contributed by atoms with E-state index in [0.717, 1.165) is 0 Å². The number of rotatable bonds is 3. The van der Waals surface area contributed by atoms with Gasteiger partial charge in [-0.25, -0.2) is 0 Å². The molecule has 0 aliphatic carbocycles. The minimum atomic E-state index is -2.23. The topological polar surface area (TPSA) is 23.1 Å². The van der Waals surface area contributed by atoms with Crippen LogP contribution in [-0.4, -0.2) is 8.32 Å². The monoisotopic (exact) mass is 212 g/mol. The number of hydrogen-bond donors (Lipinski definition) is 0. The van der Waals surface area contributed by atoms with Crippen molar-refractivity contribution in [1.29, 1.82) is 0 Å². The fourth-order valence-corrected chi connectivity index (χ4v) is 6.00. The molecule has 0 N–H and O–H groups in total. The molecule has 0 saturated carbocycles. The molecule has 0 aliphatic rings. The van der Waals surface area contributed by atoms with Gasteiger partial charge in [0, 0.05) is 0 Å². The molecule has 1 nitrogen and oxygen atoms in total. The molecule has 0 saturated heterocycles. The van der Waals surface area contributed by atoms with Crippen LogP contribution >= 0.6 is 0 Å². The van der Waals surface area contributed by atoms with Crippen molar-refractivity contribution < 1.29 is 56.2 Å². The molecule has 0 fully saturated rings. The summed E-state index contributed by atoms with van der Waals surface area (Å²) in [5, 5.41) is 0. The van der Waals surface area contributed by atoms with E-state index in [9.17, 15) is 4.80 Å². The summed E-state index contributed by atoms with van der Waals surface area (Å²) in [5.74, 6) is 0. The smallest absolute Gasteiger partial charge is 0.858 e. The molecule has 0 rings (SSSR count). The van der Waals surface area contributed by atoms with Crippen molar-refractivity contribution in [3.05, 3.63) is 0 Å². The van der Waals surface area contributed by atoms with Crippen LogP contribution in [0.1, 0.15) is 41.5 Å². The van der Waals surface area contributed by atoms with Crippen molar-refractivity contribution in [3.8, 4) is 0 Å². The molecule has 0 atom stereocenters. The zero-order valence-corrected chi connectivity index (χ0v) is 13.8. The predicted molar refractivity (Wildman–Crippen MR) is 51.0 cm³/mol. The zero-order valence-electron chi connectivity index (χ0n) is 9.64. The Balaban J connectivity index is 0. The average Bonchev–Trinajstić information content (AvgIpc) is 1.84. The first-order valence-electron chi connectivity index (χ1n) is 4.53. The van der Waals surface area contributed by atoms with Gasteiger partial charge < -0.3 is 4.80 Å². The maximum atomic E-state index is 12.3. The molecule has 0 amide bonds. The Bertz CT molecular complexity index is 102. The van der Waals surface area contributed by atoms with Crippen LogP contribution in [-0.2, 0) is 0 Å². The van der Waals surface area contributed by atoms with E-state index >= 15 is 0 Å². The molecule has 0 heterocycles. The van der Waals surface area contributed by atoms with E-state index in [0.29, 0.717) is 16.6 Å². The van der Waals surface area contributed by atoms with E-state index in [2.05, 4.69) is 41.5 Å². The van der Waals surface area contributed by atoms with Gasteiger partial charge in [-0.2, -0.15) is 0 Å². The molecular formula is C9H21KOSi. The van der Waals surface area contributed by atoms with Gasteiger partial charge >= 0.3 is 51.4 Å². The molecule has 0 spiro atoms. The quantitative estimate of drug-likeness (QED) is 0.580. The standard InChI is InChI=1S/C9H21OSi.K/c1-7(2)11(10,8(3)4)9(5)6;/h7-9H,1-6H3;/q-1;+1. The van der Waals surface area contributed by atoms with E-state index in [1.165, 1.54) is 0 Å². The molecule has 68 valence electrons. The van der Waals surface area contributed by atoms with Crippen LogP contribution in [0.4, 0.5) is 0 Å². The van der Waals surface area contributed by atoms with Gasteiger partial charge in [0.2, 0.25) is 0 Å². The summed E-state index contributed by atoms with van der Waals surface area (Å²) in [6.07, 6.45) is 0. The van der Waals surface area contributed by atoms with Crippen molar-refractivity contribution in [3.63, 3.8) is 0 Å². The van der Waals surface area contributed by atoms with Gasteiger partial charge in [-0.15, -0.1) is 0 Å². The van der Waals surface area contributed by atoms with Gasteiger partial charge in [0.25, 0.3) is 0 Å². The molecule has 0 radical (unpaired) electrons. The molecule has 12 heavy (non-hydrogen) atoms. The van der Waals surface area contributed by atoms with Crippen LogP contribution in [0.15, 0.2) is 0 Å². The average molecular weight is 212 g/mol. The van der Waals surface area contributed by atoms with Crippen LogP contribution in [0.3, 0.4) is 0 Å². The van der Waals surface area contributed by atoms with Crippen LogP contribution in [0.2, 0.25) is 16.6 Å². The summed E-state index contributed by atoms with van der Waals surface area (Å²) in [7, 11) is -2.23. The van der Waals surface area contributed by atoms with Crippen LogP contribution < -0.4 is 56.2 Å². The molecule has 0 aliphatic heterocycles. The second kappa shape index (κ2) is 6.33. The zero-order chi connectivity index (χ0) is 9.23. The van der Waals surface area contributed by atoms with E-state index in [1.807, 2.05) is 0 Å². The molecule has 0 aromatic heterocycles. The first kappa shape index (κ1) is 16.3. The minimum absolute atomic E-state index is 0. The molecule has 0 unspecified atom stereocenters. The Kier molecular flexibility index (Phi) is 8.57. The van der Waals surface area contributed by atoms with Crippen molar-refractivity contribution in [2.24, 2.45) is 0 Å². The largest absolute Gasteiger partial charge is 1.00 e. The van der Waals surface area contributed by atoms with Crippen LogP contribution in [0, 0.1) is 0 Å². The van der Waals surface area contributed by atoms with Gasteiger partial charge in [-0.05, 0) is 8.32 Å².